The third-order valence-electron chi connectivity index (χ3n) is 3.35. The first kappa shape index (κ1) is 10.3. The first-order chi connectivity index (χ1) is 7.18. The van der Waals surface area contributed by atoms with Crippen LogP contribution in [0.4, 0.5) is 5.69 Å². The highest BCUT2D eigenvalue weighted by molar-refractivity contribution is 5.39. The molecule has 0 saturated heterocycles. The molecule has 1 aromatic rings. The minimum absolute atomic E-state index is 0.00979. The molecule has 2 rings (SSSR count). The van der Waals surface area contributed by atoms with Gasteiger partial charge in [0.1, 0.15) is 0 Å². The molecule has 1 fully saturated rings. The Labute approximate surface area is 89.9 Å². The summed E-state index contributed by atoms with van der Waals surface area (Å²) in [5.41, 5.74) is 7.44. The van der Waals surface area contributed by atoms with Crippen LogP contribution >= 0.6 is 0 Å². The van der Waals surface area contributed by atoms with Crippen LogP contribution in [0.5, 0.6) is 0 Å². The summed E-state index contributed by atoms with van der Waals surface area (Å²) >= 11 is 0. The summed E-state index contributed by atoms with van der Waals surface area (Å²) in [5, 5.41) is 0. The lowest BCUT2D eigenvalue weighted by Gasteiger charge is -2.24. The van der Waals surface area contributed by atoms with Gasteiger partial charge in [-0.1, -0.05) is 19.3 Å². The van der Waals surface area contributed by atoms with Gasteiger partial charge in [-0.15, -0.1) is 0 Å². The van der Waals surface area contributed by atoms with Gasteiger partial charge >= 0.3 is 0 Å². The number of nitrogen functional groups attached to an aromatic ring is 1. The molecule has 0 aliphatic heterocycles. The Morgan fingerprint density at radius 3 is 2.60 bits per heavy atom. The van der Waals surface area contributed by atoms with Crippen LogP contribution in [-0.2, 0) is 7.05 Å². The van der Waals surface area contributed by atoms with Gasteiger partial charge in [0.25, 0.3) is 5.56 Å². The van der Waals surface area contributed by atoms with E-state index in [1.807, 2.05) is 13.1 Å². The molecule has 82 valence electrons. The van der Waals surface area contributed by atoms with E-state index in [1.165, 1.54) is 38.2 Å². The Bertz CT molecular complexity index is 403. The van der Waals surface area contributed by atoms with E-state index in [-0.39, 0.29) is 5.56 Å². The van der Waals surface area contributed by atoms with Crippen molar-refractivity contribution in [2.24, 2.45) is 7.05 Å². The third-order valence-corrected chi connectivity index (χ3v) is 3.35. The molecule has 1 aliphatic carbocycles. The van der Waals surface area contributed by atoms with E-state index in [0.29, 0.717) is 11.6 Å². The Hall–Kier alpha value is -1.25. The molecule has 0 spiro atoms. The van der Waals surface area contributed by atoms with E-state index >= 15 is 0 Å². The summed E-state index contributed by atoms with van der Waals surface area (Å²) < 4.78 is 1.74. The van der Waals surface area contributed by atoms with Gasteiger partial charge in [0.05, 0.1) is 0 Å². The molecular formula is C12H18N2O. The van der Waals surface area contributed by atoms with Crippen molar-refractivity contribution in [2.75, 3.05) is 5.73 Å². The van der Waals surface area contributed by atoms with Crippen LogP contribution in [0.25, 0.3) is 0 Å². The van der Waals surface area contributed by atoms with E-state index in [0.717, 1.165) is 5.69 Å². The number of rotatable bonds is 1. The minimum atomic E-state index is 0.00979. The van der Waals surface area contributed by atoms with Gasteiger partial charge in [0.15, 0.2) is 0 Å². The lowest BCUT2D eigenvalue weighted by Crippen LogP contribution is -2.23. The van der Waals surface area contributed by atoms with Crippen LogP contribution in [0.2, 0.25) is 0 Å². The number of pyridine rings is 1. The molecule has 1 heterocycles. The van der Waals surface area contributed by atoms with Gasteiger partial charge in [0.2, 0.25) is 0 Å². The van der Waals surface area contributed by atoms with Crippen LogP contribution in [0.15, 0.2) is 16.9 Å². The molecule has 1 aliphatic rings. The molecule has 1 saturated carbocycles. The molecule has 2 N–H and O–H groups in total. The van der Waals surface area contributed by atoms with E-state index in [4.69, 9.17) is 5.73 Å². The highest BCUT2D eigenvalue weighted by Gasteiger charge is 2.18. The van der Waals surface area contributed by atoms with Crippen molar-refractivity contribution in [3.63, 3.8) is 0 Å². The Balaban J connectivity index is 2.37. The van der Waals surface area contributed by atoms with Crippen molar-refractivity contribution >= 4 is 5.69 Å². The molecule has 0 bridgehead atoms. The zero-order chi connectivity index (χ0) is 10.8. The molecule has 15 heavy (non-hydrogen) atoms. The number of hydrogen-bond acceptors (Lipinski definition) is 2. The molecule has 0 atom stereocenters. The average molecular weight is 206 g/mol. The fourth-order valence-corrected chi connectivity index (χ4v) is 2.47. The second kappa shape index (κ2) is 4.09. The Morgan fingerprint density at radius 1 is 1.27 bits per heavy atom. The summed E-state index contributed by atoms with van der Waals surface area (Å²) in [6.07, 6.45) is 6.25. The molecule has 3 heteroatoms. The average Bonchev–Trinajstić information content (AvgIpc) is 2.24. The van der Waals surface area contributed by atoms with E-state index in [2.05, 4.69) is 0 Å². The number of anilines is 1. The first-order valence-corrected chi connectivity index (χ1v) is 5.65. The van der Waals surface area contributed by atoms with E-state index in [9.17, 15) is 4.79 Å². The van der Waals surface area contributed by atoms with Crippen molar-refractivity contribution in [2.45, 2.75) is 38.0 Å². The lowest BCUT2D eigenvalue weighted by atomic mass is 9.86. The second-order valence-electron chi connectivity index (χ2n) is 4.45. The number of nitrogens with zero attached hydrogens (tertiary/aromatic N) is 1. The van der Waals surface area contributed by atoms with Crippen LogP contribution in [0, 0.1) is 0 Å². The maximum absolute atomic E-state index is 11.6. The minimum Gasteiger partial charge on any atom is -0.399 e. The van der Waals surface area contributed by atoms with Crippen LogP contribution in [0.1, 0.15) is 43.7 Å². The summed E-state index contributed by atoms with van der Waals surface area (Å²) in [6, 6.07) is 3.45. The van der Waals surface area contributed by atoms with E-state index < -0.39 is 0 Å². The van der Waals surface area contributed by atoms with Crippen molar-refractivity contribution in [1.82, 2.24) is 4.57 Å². The van der Waals surface area contributed by atoms with Gasteiger partial charge in [-0.3, -0.25) is 4.79 Å². The standard InChI is InChI=1S/C12H18N2O/c1-14-11(7-10(13)8-12(14)15)9-5-3-2-4-6-9/h7-9H,2-6,13H2,1H3. The van der Waals surface area contributed by atoms with E-state index in [1.54, 1.807) is 4.57 Å². The van der Waals surface area contributed by atoms with Crippen LogP contribution < -0.4 is 11.3 Å². The van der Waals surface area contributed by atoms with Crippen molar-refractivity contribution in [3.8, 4) is 0 Å². The largest absolute Gasteiger partial charge is 0.399 e. The smallest absolute Gasteiger partial charge is 0.252 e. The van der Waals surface area contributed by atoms with Gasteiger partial charge < -0.3 is 10.3 Å². The lowest BCUT2D eigenvalue weighted by molar-refractivity contribution is 0.426. The highest BCUT2D eigenvalue weighted by atomic mass is 16.1. The SMILES string of the molecule is Cn1c(C2CCCCC2)cc(N)cc1=O. The summed E-state index contributed by atoms with van der Waals surface area (Å²) in [6.45, 7) is 0. The van der Waals surface area contributed by atoms with Crippen LogP contribution in [-0.4, -0.2) is 4.57 Å². The van der Waals surface area contributed by atoms with Gasteiger partial charge in [0, 0.05) is 24.5 Å². The Kier molecular flexibility index (Phi) is 2.80. The molecule has 1 aromatic heterocycles. The van der Waals surface area contributed by atoms with Crippen molar-refractivity contribution in [3.05, 3.63) is 28.2 Å². The second-order valence-corrected chi connectivity index (χ2v) is 4.45. The molecule has 0 amide bonds. The van der Waals surface area contributed by atoms with Crippen LogP contribution in [0.3, 0.4) is 0 Å². The number of hydrogen-bond donors (Lipinski definition) is 1. The predicted molar refractivity (Wildman–Crippen MR) is 61.9 cm³/mol. The summed E-state index contributed by atoms with van der Waals surface area (Å²) in [7, 11) is 1.84. The summed E-state index contributed by atoms with van der Waals surface area (Å²) in [5.74, 6) is 0.528. The van der Waals surface area contributed by atoms with Gasteiger partial charge in [-0.2, -0.15) is 0 Å². The summed E-state index contributed by atoms with van der Waals surface area (Å²) in [4.78, 5) is 11.6. The molecule has 3 nitrogen and oxygen atoms in total. The fraction of sp³-hybridized carbons (Fsp3) is 0.583. The van der Waals surface area contributed by atoms with Crippen molar-refractivity contribution < 1.29 is 0 Å². The maximum atomic E-state index is 11.6. The molecule has 0 radical (unpaired) electrons. The van der Waals surface area contributed by atoms with Gasteiger partial charge in [-0.25, -0.2) is 0 Å². The number of nitrogens with two attached hydrogens (primary N) is 1. The quantitative estimate of drug-likeness (QED) is 0.764. The maximum Gasteiger partial charge on any atom is 0.252 e. The molecular weight excluding hydrogens is 188 g/mol. The fourth-order valence-electron chi connectivity index (χ4n) is 2.47. The van der Waals surface area contributed by atoms with Gasteiger partial charge in [-0.05, 0) is 24.8 Å². The monoisotopic (exact) mass is 206 g/mol. The first-order valence-electron chi connectivity index (χ1n) is 5.65. The normalized spacial score (nSPS) is 17.9. The topological polar surface area (TPSA) is 48.0 Å². The predicted octanol–water partition coefficient (Wildman–Crippen LogP) is 2.02. The zero-order valence-electron chi connectivity index (χ0n) is 9.20. The third kappa shape index (κ3) is 2.06. The van der Waals surface area contributed by atoms with Crippen molar-refractivity contribution in [1.29, 1.82) is 0 Å². The Morgan fingerprint density at radius 2 is 1.93 bits per heavy atom. The number of aromatic nitrogens is 1. The highest BCUT2D eigenvalue weighted by Crippen LogP contribution is 2.32. The molecule has 0 unspecified atom stereocenters. The molecule has 0 aromatic carbocycles. The zero-order valence-corrected chi connectivity index (χ0v) is 9.20.